The second kappa shape index (κ2) is 7.03. The molecular formula is C24H21N5O2. The van der Waals surface area contributed by atoms with Crippen molar-refractivity contribution in [3.05, 3.63) is 88.4 Å². The number of anilines is 1. The van der Waals surface area contributed by atoms with Crippen LogP contribution in [-0.4, -0.2) is 16.1 Å². The molecule has 7 nitrogen and oxygen atoms in total. The predicted molar refractivity (Wildman–Crippen MR) is 115 cm³/mol. The Morgan fingerprint density at radius 2 is 1.94 bits per heavy atom. The van der Waals surface area contributed by atoms with Crippen LogP contribution in [0.5, 0.6) is 5.88 Å². The van der Waals surface area contributed by atoms with Gasteiger partial charge in [0.2, 0.25) is 17.7 Å². The number of aromatic nitrogens is 2. The molecule has 1 spiro atoms. The van der Waals surface area contributed by atoms with Crippen LogP contribution < -0.4 is 15.4 Å². The Balaban J connectivity index is 1.79. The van der Waals surface area contributed by atoms with Gasteiger partial charge < -0.3 is 15.4 Å². The van der Waals surface area contributed by atoms with Gasteiger partial charge in [-0.1, -0.05) is 61.9 Å². The minimum Gasteiger partial charge on any atom is -0.420 e. The van der Waals surface area contributed by atoms with E-state index in [1.807, 2.05) is 61.5 Å². The average Bonchev–Trinajstić information content (AvgIpc) is 3.28. The third-order valence-electron chi connectivity index (χ3n) is 5.97. The number of aryl methyl sites for hydroxylation is 1. The van der Waals surface area contributed by atoms with E-state index in [1.165, 1.54) is 0 Å². The van der Waals surface area contributed by atoms with Crippen molar-refractivity contribution >= 4 is 11.6 Å². The lowest BCUT2D eigenvalue weighted by Crippen LogP contribution is -2.46. The molecule has 1 aromatic heterocycles. The summed E-state index contributed by atoms with van der Waals surface area (Å²) in [4.78, 5) is 16.0. The maximum Gasteiger partial charge on any atom is 0.248 e. The summed E-state index contributed by atoms with van der Waals surface area (Å²) in [5, 5.41) is 17.4. The van der Waals surface area contributed by atoms with Crippen molar-refractivity contribution in [2.45, 2.75) is 31.7 Å². The number of nitrogens with zero attached hydrogens (tertiary/aromatic N) is 3. The van der Waals surface area contributed by atoms with Crippen molar-refractivity contribution in [2.24, 2.45) is 5.73 Å². The molecule has 1 unspecified atom stereocenters. The molecule has 7 heteroatoms. The number of nitrogens with one attached hydrogen (secondary N) is 1. The van der Waals surface area contributed by atoms with Gasteiger partial charge in [-0.25, -0.2) is 0 Å². The van der Waals surface area contributed by atoms with Gasteiger partial charge in [0.15, 0.2) is 0 Å². The average molecular weight is 411 g/mol. The van der Waals surface area contributed by atoms with Gasteiger partial charge in [0, 0.05) is 16.9 Å². The van der Waals surface area contributed by atoms with Crippen LogP contribution in [0.4, 0.5) is 5.69 Å². The van der Waals surface area contributed by atoms with E-state index in [9.17, 15) is 10.1 Å². The van der Waals surface area contributed by atoms with Crippen molar-refractivity contribution in [3.63, 3.8) is 0 Å². The molecule has 2 aliphatic heterocycles. The second-order valence-electron chi connectivity index (χ2n) is 7.73. The first-order valence-electron chi connectivity index (χ1n) is 10.2. The smallest absolute Gasteiger partial charge is 0.248 e. The maximum absolute atomic E-state index is 14.3. The first-order chi connectivity index (χ1) is 15.1. The van der Waals surface area contributed by atoms with Gasteiger partial charge in [0.25, 0.3) is 0 Å². The minimum atomic E-state index is -1.38. The molecule has 1 atom stereocenters. The van der Waals surface area contributed by atoms with E-state index in [2.05, 4.69) is 16.3 Å². The monoisotopic (exact) mass is 411 g/mol. The molecule has 3 heterocycles. The van der Waals surface area contributed by atoms with Gasteiger partial charge in [-0.15, -0.1) is 5.10 Å². The molecule has 0 fully saturated rings. The van der Waals surface area contributed by atoms with E-state index in [0.717, 1.165) is 28.9 Å². The number of H-pyrrole nitrogens is 1. The van der Waals surface area contributed by atoms with Gasteiger partial charge in [-0.2, -0.15) is 5.26 Å². The standard InChI is InChI=1S/C24H21N5O2/c1-2-8-18-20-22(28-27-18)31-21(26)17(13-25)24(20)16-11-6-7-12-19(16)29(23(24)30)14-15-9-4-3-5-10-15/h3-7,9-12H,2,8,14,26H2,1H3,(H,27,28). The second-order valence-corrected chi connectivity index (χ2v) is 7.73. The number of hydrogen-bond acceptors (Lipinski definition) is 5. The molecule has 154 valence electrons. The van der Waals surface area contributed by atoms with E-state index in [4.69, 9.17) is 10.5 Å². The summed E-state index contributed by atoms with van der Waals surface area (Å²) in [7, 11) is 0. The number of nitriles is 1. The molecule has 0 saturated heterocycles. The van der Waals surface area contributed by atoms with Crippen molar-refractivity contribution in [1.82, 2.24) is 10.2 Å². The van der Waals surface area contributed by atoms with E-state index in [-0.39, 0.29) is 23.2 Å². The maximum atomic E-state index is 14.3. The fourth-order valence-corrected chi connectivity index (χ4v) is 4.71. The van der Waals surface area contributed by atoms with Crippen LogP contribution in [-0.2, 0) is 23.2 Å². The number of amides is 1. The SMILES string of the molecule is CCCc1[nH]nc2c1C1(C(=O)N(Cc3ccccc3)c3ccccc31)C(C#N)=C(N)O2. The molecule has 0 saturated carbocycles. The van der Waals surface area contributed by atoms with Crippen LogP contribution in [0, 0.1) is 11.3 Å². The normalized spacial score (nSPS) is 19.2. The fourth-order valence-electron chi connectivity index (χ4n) is 4.71. The summed E-state index contributed by atoms with van der Waals surface area (Å²) >= 11 is 0. The zero-order chi connectivity index (χ0) is 21.6. The van der Waals surface area contributed by atoms with Gasteiger partial charge >= 0.3 is 0 Å². The van der Waals surface area contributed by atoms with E-state index in [0.29, 0.717) is 18.5 Å². The lowest BCUT2D eigenvalue weighted by molar-refractivity contribution is -0.121. The number of carbonyl (C=O) groups is 1. The Morgan fingerprint density at radius 1 is 1.19 bits per heavy atom. The number of rotatable bonds is 4. The predicted octanol–water partition coefficient (Wildman–Crippen LogP) is 3.28. The zero-order valence-corrected chi connectivity index (χ0v) is 17.1. The van der Waals surface area contributed by atoms with Crippen molar-refractivity contribution in [2.75, 3.05) is 4.90 Å². The number of para-hydroxylation sites is 1. The van der Waals surface area contributed by atoms with Crippen LogP contribution >= 0.6 is 0 Å². The van der Waals surface area contributed by atoms with Crippen LogP contribution in [0.1, 0.15) is 35.7 Å². The van der Waals surface area contributed by atoms with E-state index < -0.39 is 5.41 Å². The largest absolute Gasteiger partial charge is 0.420 e. The third kappa shape index (κ3) is 2.51. The Kier molecular flexibility index (Phi) is 4.29. The highest BCUT2D eigenvalue weighted by atomic mass is 16.5. The zero-order valence-electron chi connectivity index (χ0n) is 17.1. The lowest BCUT2D eigenvalue weighted by Gasteiger charge is -2.32. The topological polar surface area (TPSA) is 108 Å². The van der Waals surface area contributed by atoms with E-state index in [1.54, 1.807) is 4.90 Å². The van der Waals surface area contributed by atoms with Crippen LogP contribution in [0.15, 0.2) is 66.1 Å². The van der Waals surface area contributed by atoms with Gasteiger partial charge in [0.05, 0.1) is 12.1 Å². The molecule has 31 heavy (non-hydrogen) atoms. The summed E-state index contributed by atoms with van der Waals surface area (Å²) in [6, 6.07) is 19.5. The molecule has 3 aromatic rings. The third-order valence-corrected chi connectivity index (χ3v) is 5.97. The van der Waals surface area contributed by atoms with E-state index >= 15 is 0 Å². The number of aromatic amines is 1. The lowest BCUT2D eigenvalue weighted by atomic mass is 9.68. The Hall–Kier alpha value is -4.05. The first-order valence-corrected chi connectivity index (χ1v) is 10.2. The number of hydrogen-bond donors (Lipinski definition) is 2. The number of fused-ring (bicyclic) bond motifs is 4. The summed E-state index contributed by atoms with van der Waals surface area (Å²) in [5.74, 6) is -0.0562. The molecule has 1 amide bonds. The van der Waals surface area contributed by atoms with Crippen LogP contribution in [0.3, 0.4) is 0 Å². The first kappa shape index (κ1) is 18.9. The van der Waals surface area contributed by atoms with Gasteiger partial charge in [-0.05, 0) is 18.1 Å². The minimum absolute atomic E-state index is 0.0886. The highest BCUT2D eigenvalue weighted by molar-refractivity contribution is 6.14. The number of ether oxygens (including phenoxy) is 1. The molecular weight excluding hydrogens is 390 g/mol. The fraction of sp³-hybridized carbons (Fsp3) is 0.208. The van der Waals surface area contributed by atoms with Gasteiger partial charge in [0.1, 0.15) is 17.1 Å². The molecule has 0 radical (unpaired) electrons. The van der Waals surface area contributed by atoms with Crippen LogP contribution in [0.25, 0.3) is 0 Å². The summed E-state index contributed by atoms with van der Waals surface area (Å²) in [6.07, 6.45) is 1.51. The number of nitrogens with two attached hydrogens (primary N) is 1. The molecule has 5 rings (SSSR count). The number of carbonyl (C=O) groups excluding carboxylic acids is 1. The number of benzene rings is 2. The van der Waals surface area contributed by atoms with Gasteiger partial charge in [-0.3, -0.25) is 9.89 Å². The molecule has 0 bridgehead atoms. The van der Waals surface area contributed by atoms with Crippen molar-refractivity contribution < 1.29 is 9.53 Å². The molecule has 3 N–H and O–H groups in total. The quantitative estimate of drug-likeness (QED) is 0.685. The Labute approximate surface area is 179 Å². The van der Waals surface area contributed by atoms with Crippen LogP contribution in [0.2, 0.25) is 0 Å². The van der Waals surface area contributed by atoms with Crippen molar-refractivity contribution in [1.29, 1.82) is 5.26 Å². The highest BCUT2D eigenvalue weighted by Crippen LogP contribution is 2.56. The Morgan fingerprint density at radius 3 is 2.68 bits per heavy atom. The summed E-state index contributed by atoms with van der Waals surface area (Å²) in [6.45, 7) is 2.43. The molecule has 0 aliphatic carbocycles. The van der Waals surface area contributed by atoms with Crippen molar-refractivity contribution in [3.8, 4) is 11.9 Å². The molecule has 2 aliphatic rings. The Bertz CT molecular complexity index is 1250. The summed E-state index contributed by atoms with van der Waals surface area (Å²) in [5.41, 5.74) is 8.74. The summed E-state index contributed by atoms with van der Waals surface area (Å²) < 4.78 is 5.69. The molecule has 2 aromatic carbocycles. The highest BCUT2D eigenvalue weighted by Gasteiger charge is 2.60.